The van der Waals surface area contributed by atoms with E-state index in [0.717, 1.165) is 24.2 Å². The minimum atomic E-state index is -0.320. The molecule has 20 heavy (non-hydrogen) atoms. The molecule has 2 fully saturated rings. The van der Waals surface area contributed by atoms with Crippen molar-refractivity contribution in [3.8, 4) is 0 Å². The number of nitrogens with two attached hydrogens (primary N) is 1. The fraction of sp³-hybridized carbons (Fsp3) is 0.571. The molecule has 1 aliphatic heterocycles. The molecule has 1 saturated carbocycles. The van der Waals surface area contributed by atoms with E-state index in [9.17, 15) is 4.79 Å². The number of rotatable bonds is 3. The summed E-state index contributed by atoms with van der Waals surface area (Å²) in [7, 11) is 0. The molecule has 6 nitrogen and oxygen atoms in total. The molecule has 0 bridgehead atoms. The standard InChI is InChI=1S/C14H20N4O2/c1-9-7-16-13(6-11(9)15)18-4-5-20-8-12(18)14(19)17-10-2-3-10/h6-7,10,12H,2-5,8H2,1H3,(H2,15,16)(H,17,19). The average molecular weight is 276 g/mol. The third-order valence-corrected chi connectivity index (χ3v) is 3.78. The maximum Gasteiger partial charge on any atom is 0.245 e. The van der Waals surface area contributed by atoms with E-state index in [2.05, 4.69) is 10.3 Å². The molecule has 1 atom stereocenters. The molecule has 3 N–H and O–H groups in total. The van der Waals surface area contributed by atoms with Crippen LogP contribution in [0.15, 0.2) is 12.3 Å². The van der Waals surface area contributed by atoms with Gasteiger partial charge in [-0.25, -0.2) is 4.98 Å². The minimum absolute atomic E-state index is 0.0214. The highest BCUT2D eigenvalue weighted by atomic mass is 16.5. The Balaban J connectivity index is 1.79. The largest absolute Gasteiger partial charge is 0.398 e. The Morgan fingerprint density at radius 1 is 1.55 bits per heavy atom. The average Bonchev–Trinajstić information content (AvgIpc) is 3.26. The number of amides is 1. The van der Waals surface area contributed by atoms with E-state index in [1.54, 1.807) is 6.20 Å². The van der Waals surface area contributed by atoms with Gasteiger partial charge < -0.3 is 20.7 Å². The molecule has 2 aliphatic rings. The van der Waals surface area contributed by atoms with Crippen LogP contribution in [-0.4, -0.2) is 42.7 Å². The van der Waals surface area contributed by atoms with Gasteiger partial charge in [-0.2, -0.15) is 0 Å². The second-order valence-electron chi connectivity index (χ2n) is 5.47. The fourth-order valence-corrected chi connectivity index (χ4v) is 2.30. The molecule has 1 unspecified atom stereocenters. The van der Waals surface area contributed by atoms with Gasteiger partial charge in [0.2, 0.25) is 5.91 Å². The maximum atomic E-state index is 12.3. The lowest BCUT2D eigenvalue weighted by atomic mass is 10.2. The number of aromatic nitrogens is 1. The van der Waals surface area contributed by atoms with Gasteiger partial charge in [0.15, 0.2) is 0 Å². The number of morpholine rings is 1. The first-order chi connectivity index (χ1) is 9.65. The van der Waals surface area contributed by atoms with Gasteiger partial charge >= 0.3 is 0 Å². The Labute approximate surface area is 118 Å². The second-order valence-corrected chi connectivity index (χ2v) is 5.47. The van der Waals surface area contributed by atoms with Crippen LogP contribution >= 0.6 is 0 Å². The van der Waals surface area contributed by atoms with E-state index in [0.29, 0.717) is 31.5 Å². The van der Waals surface area contributed by atoms with Crippen molar-refractivity contribution in [1.82, 2.24) is 10.3 Å². The van der Waals surface area contributed by atoms with E-state index in [1.165, 1.54) is 0 Å². The predicted molar refractivity (Wildman–Crippen MR) is 76.5 cm³/mol. The first kappa shape index (κ1) is 13.2. The van der Waals surface area contributed by atoms with E-state index < -0.39 is 0 Å². The van der Waals surface area contributed by atoms with E-state index >= 15 is 0 Å². The van der Waals surface area contributed by atoms with Gasteiger partial charge in [0, 0.05) is 30.5 Å². The topological polar surface area (TPSA) is 80.5 Å². The number of pyridine rings is 1. The molecule has 1 aliphatic carbocycles. The predicted octanol–water partition coefficient (Wildman–Crippen LogP) is 0.456. The Kier molecular flexibility index (Phi) is 3.48. The fourth-order valence-electron chi connectivity index (χ4n) is 2.30. The maximum absolute atomic E-state index is 12.3. The summed E-state index contributed by atoms with van der Waals surface area (Å²) in [4.78, 5) is 18.7. The lowest BCUT2D eigenvalue weighted by molar-refractivity contribution is -0.124. The van der Waals surface area contributed by atoms with Gasteiger partial charge in [-0.3, -0.25) is 4.79 Å². The van der Waals surface area contributed by atoms with Gasteiger partial charge in [-0.05, 0) is 25.3 Å². The highest BCUT2D eigenvalue weighted by molar-refractivity contribution is 5.86. The van der Waals surface area contributed by atoms with Crippen molar-refractivity contribution < 1.29 is 9.53 Å². The van der Waals surface area contributed by atoms with Crippen LogP contribution < -0.4 is 16.0 Å². The summed E-state index contributed by atoms with van der Waals surface area (Å²) in [5.74, 6) is 0.764. The van der Waals surface area contributed by atoms with E-state index in [4.69, 9.17) is 10.5 Å². The summed E-state index contributed by atoms with van der Waals surface area (Å²) in [6, 6.07) is 1.86. The molecule has 6 heteroatoms. The number of nitrogen functional groups attached to an aromatic ring is 1. The van der Waals surface area contributed by atoms with Crippen LogP contribution in [0.3, 0.4) is 0 Å². The zero-order chi connectivity index (χ0) is 14.1. The highest BCUT2D eigenvalue weighted by Gasteiger charge is 2.33. The van der Waals surface area contributed by atoms with Crippen LogP contribution in [0.5, 0.6) is 0 Å². The number of hydrogen-bond acceptors (Lipinski definition) is 5. The van der Waals surface area contributed by atoms with Gasteiger partial charge in [0.25, 0.3) is 0 Å². The third-order valence-electron chi connectivity index (χ3n) is 3.78. The number of carbonyl (C=O) groups is 1. The SMILES string of the molecule is Cc1cnc(N2CCOCC2C(=O)NC2CC2)cc1N. The molecule has 3 rings (SSSR count). The van der Waals surface area contributed by atoms with Crippen LogP contribution in [0.1, 0.15) is 18.4 Å². The van der Waals surface area contributed by atoms with E-state index in [-0.39, 0.29) is 11.9 Å². The van der Waals surface area contributed by atoms with Crippen molar-refractivity contribution in [2.75, 3.05) is 30.4 Å². The zero-order valence-electron chi connectivity index (χ0n) is 11.6. The summed E-state index contributed by atoms with van der Waals surface area (Å²) < 4.78 is 5.45. The van der Waals surface area contributed by atoms with Crippen molar-refractivity contribution in [1.29, 1.82) is 0 Å². The summed E-state index contributed by atoms with van der Waals surface area (Å²) in [6.07, 6.45) is 3.90. The van der Waals surface area contributed by atoms with Crippen molar-refractivity contribution in [2.24, 2.45) is 0 Å². The molecular weight excluding hydrogens is 256 g/mol. The Bertz CT molecular complexity index is 516. The van der Waals surface area contributed by atoms with Crippen molar-refractivity contribution in [3.63, 3.8) is 0 Å². The summed E-state index contributed by atoms with van der Waals surface area (Å²) in [5, 5.41) is 3.03. The van der Waals surface area contributed by atoms with Gasteiger partial charge in [-0.15, -0.1) is 0 Å². The molecule has 0 radical (unpaired) electrons. The van der Waals surface area contributed by atoms with Crippen molar-refractivity contribution in [3.05, 3.63) is 17.8 Å². The van der Waals surface area contributed by atoms with Gasteiger partial charge in [-0.1, -0.05) is 0 Å². The van der Waals surface area contributed by atoms with Crippen LogP contribution in [0, 0.1) is 6.92 Å². The number of carbonyl (C=O) groups excluding carboxylic acids is 1. The van der Waals surface area contributed by atoms with Crippen LogP contribution in [0.25, 0.3) is 0 Å². The zero-order valence-corrected chi connectivity index (χ0v) is 11.6. The molecule has 108 valence electrons. The van der Waals surface area contributed by atoms with Crippen LogP contribution in [0.2, 0.25) is 0 Å². The van der Waals surface area contributed by atoms with Crippen molar-refractivity contribution in [2.45, 2.75) is 31.8 Å². The van der Waals surface area contributed by atoms with Crippen LogP contribution in [-0.2, 0) is 9.53 Å². The summed E-state index contributed by atoms with van der Waals surface area (Å²) >= 11 is 0. The molecule has 1 saturated heterocycles. The number of anilines is 2. The molecule has 1 amide bonds. The summed E-state index contributed by atoms with van der Waals surface area (Å²) in [5.41, 5.74) is 7.58. The van der Waals surface area contributed by atoms with Crippen LogP contribution in [0.4, 0.5) is 11.5 Å². The minimum Gasteiger partial charge on any atom is -0.398 e. The molecular formula is C14H20N4O2. The highest BCUT2D eigenvalue weighted by Crippen LogP contribution is 2.23. The number of aryl methyl sites for hydroxylation is 1. The first-order valence-electron chi connectivity index (χ1n) is 7.02. The number of nitrogens with zero attached hydrogens (tertiary/aromatic N) is 2. The van der Waals surface area contributed by atoms with Gasteiger partial charge in [0.1, 0.15) is 11.9 Å². The Morgan fingerprint density at radius 2 is 2.35 bits per heavy atom. The number of nitrogens with one attached hydrogen (secondary N) is 1. The summed E-state index contributed by atoms with van der Waals surface area (Å²) in [6.45, 7) is 3.57. The van der Waals surface area contributed by atoms with Gasteiger partial charge in [0.05, 0.1) is 13.2 Å². The van der Waals surface area contributed by atoms with E-state index in [1.807, 2.05) is 17.9 Å². The quantitative estimate of drug-likeness (QED) is 0.838. The lowest BCUT2D eigenvalue weighted by Crippen LogP contribution is -2.54. The Hall–Kier alpha value is -1.82. The molecule has 1 aromatic heterocycles. The first-order valence-corrected chi connectivity index (χ1v) is 7.02. The van der Waals surface area contributed by atoms with Crippen molar-refractivity contribution >= 4 is 17.4 Å². The Morgan fingerprint density at radius 3 is 3.05 bits per heavy atom. The number of ether oxygens (including phenoxy) is 1. The molecule has 2 heterocycles. The molecule has 0 spiro atoms. The lowest BCUT2D eigenvalue weighted by Gasteiger charge is -2.35. The third kappa shape index (κ3) is 2.70. The second kappa shape index (κ2) is 5.28. The smallest absolute Gasteiger partial charge is 0.245 e. The number of hydrogen-bond donors (Lipinski definition) is 2. The monoisotopic (exact) mass is 276 g/mol. The molecule has 0 aromatic carbocycles. The molecule has 1 aromatic rings. The normalized spacial score (nSPS) is 22.6.